The lowest BCUT2D eigenvalue weighted by molar-refractivity contribution is -0.140. The molecule has 1 saturated heterocycles. The van der Waals surface area contributed by atoms with E-state index in [2.05, 4.69) is 17.5 Å². The van der Waals surface area contributed by atoms with Crippen LogP contribution in [0.5, 0.6) is 0 Å². The summed E-state index contributed by atoms with van der Waals surface area (Å²) < 4.78 is 0. The van der Waals surface area contributed by atoms with Crippen LogP contribution in [0, 0.1) is 23.7 Å². The second-order valence-corrected chi connectivity index (χ2v) is 7.41. The van der Waals surface area contributed by atoms with Gasteiger partial charge in [0.2, 0.25) is 17.7 Å². The average Bonchev–Trinajstić information content (AvgIpc) is 3.28. The Bertz CT molecular complexity index is 607. The number of nitrogens with one attached hydrogen (secondary N) is 1. The van der Waals surface area contributed by atoms with Gasteiger partial charge in [-0.2, -0.15) is 0 Å². The standard InChI is InChI=1S/C19H24N2O3/c22-17(12-5-2-1-3-6-12)20-9-4-10-21-18(23)15-13-7-8-14(11-13)16(15)19(21)24/h5,7-8,13-16H,1-4,6,9-11H2,(H,20,22). The van der Waals surface area contributed by atoms with Crippen LogP contribution in [0.2, 0.25) is 0 Å². The van der Waals surface area contributed by atoms with E-state index in [1.165, 1.54) is 4.90 Å². The zero-order chi connectivity index (χ0) is 16.7. The van der Waals surface area contributed by atoms with E-state index in [9.17, 15) is 14.4 Å². The highest BCUT2D eigenvalue weighted by Crippen LogP contribution is 2.52. The summed E-state index contributed by atoms with van der Waals surface area (Å²) in [6.07, 6.45) is 11.9. The molecule has 0 spiro atoms. The van der Waals surface area contributed by atoms with Crippen molar-refractivity contribution in [3.63, 3.8) is 0 Å². The van der Waals surface area contributed by atoms with Gasteiger partial charge < -0.3 is 5.32 Å². The van der Waals surface area contributed by atoms with Gasteiger partial charge in [-0.05, 0) is 50.4 Å². The average molecular weight is 328 g/mol. The molecule has 2 fully saturated rings. The molecule has 1 aliphatic heterocycles. The van der Waals surface area contributed by atoms with Crippen molar-refractivity contribution in [3.05, 3.63) is 23.8 Å². The van der Waals surface area contributed by atoms with Crippen molar-refractivity contribution in [1.82, 2.24) is 10.2 Å². The first-order chi connectivity index (χ1) is 11.7. The Kier molecular flexibility index (Phi) is 4.02. The largest absolute Gasteiger partial charge is 0.352 e. The number of hydrogen-bond acceptors (Lipinski definition) is 3. The molecule has 128 valence electrons. The van der Waals surface area contributed by atoms with Crippen molar-refractivity contribution in [2.75, 3.05) is 13.1 Å². The third kappa shape index (κ3) is 2.50. The van der Waals surface area contributed by atoms with E-state index < -0.39 is 0 Å². The van der Waals surface area contributed by atoms with Gasteiger partial charge in [0.1, 0.15) is 0 Å². The molecule has 24 heavy (non-hydrogen) atoms. The predicted molar refractivity (Wildman–Crippen MR) is 88.6 cm³/mol. The van der Waals surface area contributed by atoms with Gasteiger partial charge in [0.15, 0.2) is 0 Å². The molecule has 0 aromatic carbocycles. The normalized spacial score (nSPS) is 33.8. The molecule has 4 aliphatic rings. The summed E-state index contributed by atoms with van der Waals surface area (Å²) >= 11 is 0. The quantitative estimate of drug-likeness (QED) is 0.475. The molecule has 0 aromatic heterocycles. The minimum absolute atomic E-state index is 0.00293. The smallest absolute Gasteiger partial charge is 0.246 e. The molecule has 1 N–H and O–H groups in total. The topological polar surface area (TPSA) is 66.5 Å². The number of hydrogen-bond donors (Lipinski definition) is 1. The van der Waals surface area contributed by atoms with Crippen molar-refractivity contribution >= 4 is 17.7 Å². The van der Waals surface area contributed by atoms with Crippen molar-refractivity contribution in [2.45, 2.75) is 38.5 Å². The third-order valence-corrected chi connectivity index (χ3v) is 5.99. The number of nitrogens with zero attached hydrogens (tertiary/aromatic N) is 1. The van der Waals surface area contributed by atoms with Crippen LogP contribution < -0.4 is 5.32 Å². The molecule has 0 radical (unpaired) electrons. The van der Waals surface area contributed by atoms with Crippen LogP contribution in [0.3, 0.4) is 0 Å². The SMILES string of the molecule is O=C(NCCCN1C(=O)C2C3C=CC(C3)C2C1=O)C1=CCCCC1. The molecule has 3 aliphatic carbocycles. The lowest BCUT2D eigenvalue weighted by Gasteiger charge is -2.17. The first kappa shape index (κ1) is 15.6. The number of carbonyl (C=O) groups excluding carboxylic acids is 3. The molecule has 4 atom stereocenters. The first-order valence-electron chi connectivity index (χ1n) is 9.17. The minimum atomic E-state index is -0.116. The Morgan fingerprint density at radius 3 is 2.46 bits per heavy atom. The molecule has 1 heterocycles. The Morgan fingerprint density at radius 2 is 1.83 bits per heavy atom. The van der Waals surface area contributed by atoms with Crippen LogP contribution in [0.4, 0.5) is 0 Å². The summed E-state index contributed by atoms with van der Waals surface area (Å²) in [6, 6.07) is 0. The van der Waals surface area contributed by atoms with E-state index in [-0.39, 0.29) is 41.4 Å². The third-order valence-electron chi connectivity index (χ3n) is 5.99. The van der Waals surface area contributed by atoms with Gasteiger partial charge in [-0.1, -0.05) is 18.2 Å². The molecular weight excluding hydrogens is 304 g/mol. The molecule has 5 nitrogen and oxygen atoms in total. The number of allylic oxidation sites excluding steroid dienone is 3. The summed E-state index contributed by atoms with van der Waals surface area (Å²) in [4.78, 5) is 38.6. The number of fused-ring (bicyclic) bond motifs is 5. The molecule has 3 amide bonds. The summed E-state index contributed by atoms with van der Waals surface area (Å²) in [6.45, 7) is 0.928. The van der Waals surface area contributed by atoms with E-state index >= 15 is 0 Å². The van der Waals surface area contributed by atoms with E-state index in [0.29, 0.717) is 19.5 Å². The molecule has 5 heteroatoms. The van der Waals surface area contributed by atoms with E-state index in [0.717, 1.165) is 37.7 Å². The highest BCUT2D eigenvalue weighted by molar-refractivity contribution is 6.06. The zero-order valence-electron chi connectivity index (χ0n) is 13.9. The van der Waals surface area contributed by atoms with Gasteiger partial charge in [0.25, 0.3) is 0 Å². The Labute approximate surface area is 142 Å². The minimum Gasteiger partial charge on any atom is -0.352 e. The number of imide groups is 1. The van der Waals surface area contributed by atoms with Crippen molar-refractivity contribution < 1.29 is 14.4 Å². The lowest BCUT2D eigenvalue weighted by atomic mass is 9.85. The van der Waals surface area contributed by atoms with Crippen LogP contribution in [0.1, 0.15) is 38.5 Å². The molecule has 0 aromatic rings. The summed E-state index contributed by atoms with van der Waals surface area (Å²) in [5.74, 6) is 0.307. The van der Waals surface area contributed by atoms with Crippen LogP contribution in [0.25, 0.3) is 0 Å². The molecular formula is C19H24N2O3. The maximum atomic E-state index is 12.5. The molecule has 1 saturated carbocycles. The number of rotatable bonds is 5. The summed E-state index contributed by atoms with van der Waals surface area (Å²) in [5.41, 5.74) is 0.881. The lowest BCUT2D eigenvalue weighted by Crippen LogP contribution is -2.36. The van der Waals surface area contributed by atoms with E-state index in [1.54, 1.807) is 0 Å². The number of likely N-dealkylation sites (tertiary alicyclic amines) is 1. The number of carbonyl (C=O) groups is 3. The second-order valence-electron chi connectivity index (χ2n) is 7.41. The molecule has 4 rings (SSSR count). The predicted octanol–water partition coefficient (Wildman–Crippen LogP) is 1.80. The first-order valence-corrected chi connectivity index (χ1v) is 9.17. The van der Waals surface area contributed by atoms with Gasteiger partial charge in [0, 0.05) is 18.7 Å². The van der Waals surface area contributed by atoms with Gasteiger partial charge in [-0.15, -0.1) is 0 Å². The fourth-order valence-corrected chi connectivity index (χ4v) is 4.78. The highest BCUT2D eigenvalue weighted by atomic mass is 16.2. The molecule has 4 unspecified atom stereocenters. The van der Waals surface area contributed by atoms with Crippen LogP contribution in [-0.4, -0.2) is 35.7 Å². The second kappa shape index (κ2) is 6.19. The van der Waals surface area contributed by atoms with Gasteiger partial charge in [-0.25, -0.2) is 0 Å². The Balaban J connectivity index is 1.27. The van der Waals surface area contributed by atoms with Crippen LogP contribution in [0.15, 0.2) is 23.8 Å². The van der Waals surface area contributed by atoms with Crippen molar-refractivity contribution in [3.8, 4) is 0 Å². The zero-order valence-corrected chi connectivity index (χ0v) is 13.9. The van der Waals surface area contributed by atoms with Crippen LogP contribution in [-0.2, 0) is 14.4 Å². The van der Waals surface area contributed by atoms with E-state index in [4.69, 9.17) is 0 Å². The maximum absolute atomic E-state index is 12.5. The van der Waals surface area contributed by atoms with Crippen molar-refractivity contribution in [2.24, 2.45) is 23.7 Å². The van der Waals surface area contributed by atoms with Crippen molar-refractivity contribution in [1.29, 1.82) is 0 Å². The van der Waals surface area contributed by atoms with Gasteiger partial charge >= 0.3 is 0 Å². The summed E-state index contributed by atoms with van der Waals surface area (Å²) in [7, 11) is 0. The fraction of sp³-hybridized carbons (Fsp3) is 0.632. The number of amides is 3. The summed E-state index contributed by atoms with van der Waals surface area (Å²) in [5, 5.41) is 2.92. The fourth-order valence-electron chi connectivity index (χ4n) is 4.78. The van der Waals surface area contributed by atoms with Gasteiger partial charge in [0.05, 0.1) is 11.8 Å². The Hall–Kier alpha value is -1.91. The highest BCUT2D eigenvalue weighted by Gasteiger charge is 2.58. The monoisotopic (exact) mass is 328 g/mol. The van der Waals surface area contributed by atoms with Gasteiger partial charge in [-0.3, -0.25) is 19.3 Å². The Morgan fingerprint density at radius 1 is 1.12 bits per heavy atom. The van der Waals surface area contributed by atoms with E-state index in [1.807, 2.05) is 6.08 Å². The van der Waals surface area contributed by atoms with Crippen LogP contribution >= 0.6 is 0 Å². The maximum Gasteiger partial charge on any atom is 0.246 e. The molecule has 2 bridgehead atoms.